The Morgan fingerprint density at radius 3 is 2.64 bits per heavy atom. The number of benzene rings is 1. The van der Waals surface area contributed by atoms with Gasteiger partial charge in [-0.15, -0.1) is 0 Å². The Bertz CT molecular complexity index is 293. The molecule has 0 fully saturated rings. The van der Waals surface area contributed by atoms with Crippen molar-refractivity contribution in [3.8, 4) is 0 Å². The zero-order valence-electron chi connectivity index (χ0n) is 8.70. The van der Waals surface area contributed by atoms with Crippen LogP contribution in [-0.2, 0) is 0 Å². The van der Waals surface area contributed by atoms with E-state index in [1.54, 1.807) is 0 Å². The number of aliphatic imine (C=N–C) groups is 1. The molecule has 76 valence electrons. The van der Waals surface area contributed by atoms with E-state index in [0.29, 0.717) is 12.5 Å². The third kappa shape index (κ3) is 3.09. The summed E-state index contributed by atoms with van der Waals surface area (Å²) < 4.78 is 0. The fourth-order valence-electron chi connectivity index (χ4n) is 1.26. The Labute approximate surface area is 85.0 Å². The van der Waals surface area contributed by atoms with E-state index in [0.717, 1.165) is 0 Å². The van der Waals surface area contributed by atoms with Crippen molar-refractivity contribution in [3.63, 3.8) is 0 Å². The Balaban J connectivity index is 2.59. The van der Waals surface area contributed by atoms with Crippen LogP contribution in [-0.4, -0.2) is 12.5 Å². The van der Waals surface area contributed by atoms with E-state index in [1.807, 2.05) is 25.1 Å². The van der Waals surface area contributed by atoms with Crippen LogP contribution in [0.5, 0.6) is 0 Å². The average molecular weight is 191 g/mol. The van der Waals surface area contributed by atoms with Crippen molar-refractivity contribution in [2.75, 3.05) is 6.54 Å². The SMILES string of the molecule is CCN=C(N)N[C@@H](C)c1ccccc1. The summed E-state index contributed by atoms with van der Waals surface area (Å²) in [5.74, 6) is 0.504. The Kier molecular flexibility index (Phi) is 3.98. The average Bonchev–Trinajstić information content (AvgIpc) is 2.19. The molecule has 0 unspecified atom stereocenters. The molecule has 3 nitrogen and oxygen atoms in total. The largest absolute Gasteiger partial charge is 0.370 e. The van der Waals surface area contributed by atoms with Crippen molar-refractivity contribution >= 4 is 5.96 Å². The van der Waals surface area contributed by atoms with Crippen LogP contribution in [0.4, 0.5) is 0 Å². The summed E-state index contributed by atoms with van der Waals surface area (Å²) in [5.41, 5.74) is 6.87. The maximum Gasteiger partial charge on any atom is 0.189 e. The van der Waals surface area contributed by atoms with E-state index in [4.69, 9.17) is 5.73 Å². The highest BCUT2D eigenvalue weighted by molar-refractivity contribution is 5.78. The molecule has 0 heterocycles. The molecule has 1 aromatic rings. The van der Waals surface area contributed by atoms with Gasteiger partial charge in [0.05, 0.1) is 6.04 Å². The molecule has 3 N–H and O–H groups in total. The van der Waals surface area contributed by atoms with Crippen molar-refractivity contribution in [1.82, 2.24) is 5.32 Å². The zero-order valence-corrected chi connectivity index (χ0v) is 8.70. The fourth-order valence-corrected chi connectivity index (χ4v) is 1.26. The molecule has 14 heavy (non-hydrogen) atoms. The van der Waals surface area contributed by atoms with Crippen LogP contribution in [0.25, 0.3) is 0 Å². The van der Waals surface area contributed by atoms with Gasteiger partial charge in [0.25, 0.3) is 0 Å². The maximum absolute atomic E-state index is 5.66. The highest BCUT2D eigenvalue weighted by atomic mass is 15.1. The predicted octanol–water partition coefficient (Wildman–Crippen LogP) is 1.67. The van der Waals surface area contributed by atoms with Crippen molar-refractivity contribution < 1.29 is 0 Å². The molecule has 0 aliphatic heterocycles. The molecule has 0 spiro atoms. The smallest absolute Gasteiger partial charge is 0.189 e. The van der Waals surface area contributed by atoms with Gasteiger partial charge in [0, 0.05) is 6.54 Å². The van der Waals surface area contributed by atoms with Crippen molar-refractivity contribution in [2.24, 2.45) is 10.7 Å². The molecule has 1 atom stereocenters. The lowest BCUT2D eigenvalue weighted by atomic mass is 10.1. The first kappa shape index (κ1) is 10.6. The first-order chi connectivity index (χ1) is 6.74. The molecular formula is C11H17N3. The number of nitrogens with one attached hydrogen (secondary N) is 1. The van der Waals surface area contributed by atoms with Gasteiger partial charge < -0.3 is 11.1 Å². The van der Waals surface area contributed by atoms with Gasteiger partial charge in [-0.1, -0.05) is 30.3 Å². The number of nitrogens with zero attached hydrogens (tertiary/aromatic N) is 1. The van der Waals surface area contributed by atoms with Crippen LogP contribution < -0.4 is 11.1 Å². The minimum atomic E-state index is 0.200. The van der Waals surface area contributed by atoms with E-state index in [2.05, 4.69) is 29.4 Å². The highest BCUT2D eigenvalue weighted by Gasteiger charge is 2.03. The second-order valence-electron chi connectivity index (χ2n) is 3.14. The molecule has 0 radical (unpaired) electrons. The molecule has 1 rings (SSSR count). The molecule has 0 aliphatic carbocycles. The molecule has 0 bridgehead atoms. The van der Waals surface area contributed by atoms with Gasteiger partial charge in [-0.05, 0) is 19.4 Å². The van der Waals surface area contributed by atoms with Crippen molar-refractivity contribution in [3.05, 3.63) is 35.9 Å². The first-order valence-electron chi connectivity index (χ1n) is 4.85. The molecule has 0 aliphatic rings. The Morgan fingerprint density at radius 2 is 2.07 bits per heavy atom. The van der Waals surface area contributed by atoms with Gasteiger partial charge in [-0.3, -0.25) is 4.99 Å². The van der Waals surface area contributed by atoms with Gasteiger partial charge in [0.2, 0.25) is 0 Å². The topological polar surface area (TPSA) is 50.4 Å². The van der Waals surface area contributed by atoms with E-state index in [9.17, 15) is 0 Å². The standard InChI is InChI=1S/C11H17N3/c1-3-13-11(12)14-9(2)10-7-5-4-6-8-10/h4-9H,3H2,1-2H3,(H3,12,13,14)/t9-/m0/s1. The minimum absolute atomic E-state index is 0.200. The Hall–Kier alpha value is -1.51. The third-order valence-corrected chi connectivity index (χ3v) is 1.99. The third-order valence-electron chi connectivity index (χ3n) is 1.99. The van der Waals surface area contributed by atoms with Crippen LogP contribution in [0.2, 0.25) is 0 Å². The van der Waals surface area contributed by atoms with Crippen LogP contribution in [0.1, 0.15) is 25.5 Å². The highest BCUT2D eigenvalue weighted by Crippen LogP contribution is 2.10. The van der Waals surface area contributed by atoms with Gasteiger partial charge in [-0.25, -0.2) is 0 Å². The lowest BCUT2D eigenvalue weighted by molar-refractivity contribution is 0.709. The minimum Gasteiger partial charge on any atom is -0.370 e. The quantitative estimate of drug-likeness (QED) is 0.564. The zero-order chi connectivity index (χ0) is 10.4. The van der Waals surface area contributed by atoms with Gasteiger partial charge in [0.15, 0.2) is 5.96 Å². The molecule has 1 aromatic carbocycles. The van der Waals surface area contributed by atoms with Gasteiger partial charge in [-0.2, -0.15) is 0 Å². The fraction of sp³-hybridized carbons (Fsp3) is 0.364. The van der Waals surface area contributed by atoms with Gasteiger partial charge >= 0.3 is 0 Å². The number of hydrogen-bond acceptors (Lipinski definition) is 1. The summed E-state index contributed by atoms with van der Waals surface area (Å²) in [5, 5.41) is 3.12. The van der Waals surface area contributed by atoms with Crippen molar-refractivity contribution in [1.29, 1.82) is 0 Å². The molecule has 0 aromatic heterocycles. The van der Waals surface area contributed by atoms with Gasteiger partial charge in [0.1, 0.15) is 0 Å². The second kappa shape index (κ2) is 5.27. The Morgan fingerprint density at radius 1 is 1.43 bits per heavy atom. The summed E-state index contributed by atoms with van der Waals surface area (Å²) >= 11 is 0. The maximum atomic E-state index is 5.66. The number of nitrogens with two attached hydrogens (primary N) is 1. The summed E-state index contributed by atoms with van der Waals surface area (Å²) in [7, 11) is 0. The summed E-state index contributed by atoms with van der Waals surface area (Å²) in [6, 6.07) is 10.4. The van der Waals surface area contributed by atoms with Crippen LogP contribution in [0.15, 0.2) is 35.3 Å². The summed E-state index contributed by atoms with van der Waals surface area (Å²) in [6.45, 7) is 4.73. The lowest BCUT2D eigenvalue weighted by Gasteiger charge is -2.14. The summed E-state index contributed by atoms with van der Waals surface area (Å²) in [4.78, 5) is 4.07. The van der Waals surface area contributed by atoms with E-state index < -0.39 is 0 Å². The molecular weight excluding hydrogens is 174 g/mol. The summed E-state index contributed by atoms with van der Waals surface area (Å²) in [6.07, 6.45) is 0. The second-order valence-corrected chi connectivity index (χ2v) is 3.14. The lowest BCUT2D eigenvalue weighted by Crippen LogP contribution is -2.33. The van der Waals surface area contributed by atoms with Crippen LogP contribution >= 0.6 is 0 Å². The predicted molar refractivity (Wildman–Crippen MR) is 60.2 cm³/mol. The molecule has 0 saturated carbocycles. The molecule has 0 amide bonds. The van der Waals surface area contributed by atoms with E-state index in [-0.39, 0.29) is 6.04 Å². The number of rotatable bonds is 3. The monoisotopic (exact) mass is 191 g/mol. The van der Waals surface area contributed by atoms with Crippen LogP contribution in [0.3, 0.4) is 0 Å². The van der Waals surface area contributed by atoms with Crippen LogP contribution in [0, 0.1) is 0 Å². The van der Waals surface area contributed by atoms with E-state index in [1.165, 1.54) is 5.56 Å². The van der Waals surface area contributed by atoms with E-state index >= 15 is 0 Å². The number of guanidine groups is 1. The first-order valence-corrected chi connectivity index (χ1v) is 4.85. The molecule has 3 heteroatoms. The normalized spacial score (nSPS) is 13.7. The molecule has 0 saturated heterocycles. The van der Waals surface area contributed by atoms with Crippen molar-refractivity contribution in [2.45, 2.75) is 19.9 Å². The number of hydrogen-bond donors (Lipinski definition) is 2.